The maximum Gasteiger partial charge on any atom is 0.416 e. The Morgan fingerprint density at radius 1 is 1.22 bits per heavy atom. The molecule has 0 fully saturated rings. The molecule has 10 heteroatoms. The fourth-order valence-electron chi connectivity index (χ4n) is 1.84. The largest absolute Gasteiger partial charge is 0.416 e. The van der Waals surface area contributed by atoms with Gasteiger partial charge < -0.3 is 10.7 Å². The molecule has 1 aromatic carbocycles. The first-order chi connectivity index (χ1) is 10.8. The van der Waals surface area contributed by atoms with Crippen LogP contribution in [-0.2, 0) is 11.9 Å². The van der Waals surface area contributed by atoms with E-state index in [0.717, 1.165) is 23.5 Å². The minimum absolute atomic E-state index is 0.253. The number of hydrogen-bond acceptors (Lipinski definition) is 6. The predicted octanol–water partition coefficient (Wildman–Crippen LogP) is 3.27. The summed E-state index contributed by atoms with van der Waals surface area (Å²) in [5.74, 6) is 0.367. The molecule has 0 atom stereocenters. The molecule has 3 aromatic rings. The van der Waals surface area contributed by atoms with Crippen molar-refractivity contribution in [3.05, 3.63) is 45.7 Å². The minimum Gasteiger partial charge on any atom is -0.375 e. The molecule has 0 spiro atoms. The molecule has 0 aliphatic carbocycles. The number of anilines is 1. The molecule has 2 aromatic heterocycles. The van der Waals surface area contributed by atoms with Crippen LogP contribution in [0.2, 0.25) is 0 Å². The zero-order valence-corrected chi connectivity index (χ0v) is 13.0. The van der Waals surface area contributed by atoms with Crippen LogP contribution in [0.25, 0.3) is 10.3 Å². The highest BCUT2D eigenvalue weighted by Gasteiger charge is 2.29. The number of nitrogens with zero attached hydrogens (tertiary/aromatic N) is 2. The molecule has 120 valence electrons. The van der Waals surface area contributed by atoms with Crippen LogP contribution in [-0.4, -0.2) is 15.0 Å². The zero-order valence-electron chi connectivity index (χ0n) is 11.3. The van der Waals surface area contributed by atoms with E-state index in [2.05, 4.69) is 15.0 Å². The van der Waals surface area contributed by atoms with Gasteiger partial charge in [-0.05, 0) is 17.7 Å². The van der Waals surface area contributed by atoms with E-state index < -0.39 is 11.7 Å². The number of nitrogens with one attached hydrogen (secondary N) is 1. The number of aromatic amines is 1. The predicted molar refractivity (Wildman–Crippen MR) is 83.5 cm³/mol. The van der Waals surface area contributed by atoms with Crippen LogP contribution in [0.3, 0.4) is 0 Å². The van der Waals surface area contributed by atoms with Crippen molar-refractivity contribution in [2.75, 3.05) is 5.73 Å². The van der Waals surface area contributed by atoms with Crippen LogP contribution in [0.15, 0.2) is 34.2 Å². The number of thiazole rings is 1. The molecule has 0 saturated carbocycles. The number of aromatic nitrogens is 3. The molecule has 0 saturated heterocycles. The molecular formula is C13H9F3N4OS2. The topological polar surface area (TPSA) is 84.7 Å². The van der Waals surface area contributed by atoms with Crippen molar-refractivity contribution < 1.29 is 13.2 Å². The van der Waals surface area contributed by atoms with Gasteiger partial charge in [0, 0.05) is 5.75 Å². The number of alkyl halides is 3. The fraction of sp³-hybridized carbons (Fsp3) is 0.154. The smallest absolute Gasteiger partial charge is 0.375 e. The average Bonchev–Trinajstić information content (AvgIpc) is 2.86. The normalized spacial score (nSPS) is 12.0. The van der Waals surface area contributed by atoms with Crippen LogP contribution in [0.1, 0.15) is 11.1 Å². The number of benzene rings is 1. The number of fused-ring (bicyclic) bond motifs is 1. The number of H-pyrrole nitrogens is 1. The molecule has 2 heterocycles. The summed E-state index contributed by atoms with van der Waals surface area (Å²) in [5, 5.41) is 0.593. The van der Waals surface area contributed by atoms with E-state index in [1.165, 1.54) is 23.9 Å². The number of hydrogen-bond donors (Lipinski definition) is 2. The average molecular weight is 358 g/mol. The molecule has 3 rings (SSSR count). The van der Waals surface area contributed by atoms with Gasteiger partial charge >= 0.3 is 6.18 Å². The summed E-state index contributed by atoms with van der Waals surface area (Å²) in [6.07, 6.45) is -4.35. The molecule has 0 aliphatic rings. The molecule has 0 bridgehead atoms. The maximum atomic E-state index is 12.5. The highest BCUT2D eigenvalue weighted by molar-refractivity contribution is 7.98. The zero-order chi connectivity index (χ0) is 16.6. The quantitative estimate of drug-likeness (QED) is 0.554. The number of nitrogen functional groups attached to an aromatic ring is 1. The lowest BCUT2D eigenvalue weighted by molar-refractivity contribution is -0.137. The summed E-state index contributed by atoms with van der Waals surface area (Å²) >= 11 is 2.25. The van der Waals surface area contributed by atoms with Gasteiger partial charge in [0.05, 0.1) is 5.56 Å². The second-order valence-corrected chi connectivity index (χ2v) is 6.55. The second kappa shape index (κ2) is 5.85. The van der Waals surface area contributed by atoms with Crippen LogP contribution in [0.5, 0.6) is 0 Å². The van der Waals surface area contributed by atoms with Crippen molar-refractivity contribution in [2.24, 2.45) is 0 Å². The summed E-state index contributed by atoms with van der Waals surface area (Å²) in [4.78, 5) is 22.6. The molecule has 5 nitrogen and oxygen atoms in total. The molecule has 0 amide bonds. The van der Waals surface area contributed by atoms with E-state index in [-0.39, 0.29) is 16.3 Å². The van der Waals surface area contributed by atoms with Gasteiger partial charge in [-0.1, -0.05) is 35.2 Å². The molecule has 0 radical (unpaired) electrons. The fourth-order valence-corrected chi connectivity index (χ4v) is 3.32. The van der Waals surface area contributed by atoms with Crippen LogP contribution in [0.4, 0.5) is 18.3 Å². The van der Waals surface area contributed by atoms with Gasteiger partial charge in [-0.2, -0.15) is 13.2 Å². The number of nitrogens with two attached hydrogens (primary N) is 1. The molecular weight excluding hydrogens is 349 g/mol. The third-order valence-corrected chi connectivity index (χ3v) is 4.73. The third kappa shape index (κ3) is 3.48. The van der Waals surface area contributed by atoms with E-state index in [1.807, 2.05) is 0 Å². The number of rotatable bonds is 3. The minimum atomic E-state index is -4.35. The Hall–Kier alpha value is -2.07. The van der Waals surface area contributed by atoms with Crippen molar-refractivity contribution in [3.63, 3.8) is 0 Å². The summed E-state index contributed by atoms with van der Waals surface area (Å²) in [5.41, 5.74) is 5.46. The van der Waals surface area contributed by atoms with Crippen LogP contribution >= 0.6 is 23.1 Å². The van der Waals surface area contributed by atoms with Gasteiger partial charge in [-0.15, -0.1) is 0 Å². The van der Waals surface area contributed by atoms with E-state index in [4.69, 9.17) is 5.73 Å². The Morgan fingerprint density at radius 3 is 2.57 bits per heavy atom. The molecule has 23 heavy (non-hydrogen) atoms. The number of halogens is 3. The maximum absolute atomic E-state index is 12.5. The van der Waals surface area contributed by atoms with Gasteiger partial charge in [0.2, 0.25) is 0 Å². The monoisotopic (exact) mass is 358 g/mol. The van der Waals surface area contributed by atoms with Gasteiger partial charge in [0.25, 0.3) is 5.56 Å². The van der Waals surface area contributed by atoms with Crippen LogP contribution < -0.4 is 11.3 Å². The van der Waals surface area contributed by atoms with Gasteiger partial charge in [-0.25, -0.2) is 9.97 Å². The van der Waals surface area contributed by atoms with E-state index in [1.54, 1.807) is 0 Å². The highest BCUT2D eigenvalue weighted by Crippen LogP contribution is 2.30. The lowest BCUT2D eigenvalue weighted by atomic mass is 10.1. The van der Waals surface area contributed by atoms with E-state index >= 15 is 0 Å². The van der Waals surface area contributed by atoms with Gasteiger partial charge in [-0.3, -0.25) is 4.79 Å². The standard InChI is InChI=1S/C13H9F3N4OS2/c14-13(15,16)7-3-1-6(2-4-7)5-22-12-19-9-8(10(21)20-12)23-11(17)18-9/h1-4H,5H2,(H3,17,18,19,20,21). The van der Waals surface area contributed by atoms with Crippen molar-refractivity contribution in [2.45, 2.75) is 17.1 Å². The Kier molecular flexibility index (Phi) is 4.02. The lowest BCUT2D eigenvalue weighted by Gasteiger charge is -2.07. The first-order valence-corrected chi connectivity index (χ1v) is 8.08. The SMILES string of the molecule is Nc1nc2nc(SCc3ccc(C(F)(F)F)cc3)[nH]c(=O)c2s1. The summed E-state index contributed by atoms with van der Waals surface area (Å²) in [7, 11) is 0. The first-order valence-electron chi connectivity index (χ1n) is 6.28. The van der Waals surface area contributed by atoms with Crippen LogP contribution in [0, 0.1) is 0 Å². The first kappa shape index (κ1) is 15.8. The third-order valence-electron chi connectivity index (χ3n) is 2.92. The van der Waals surface area contributed by atoms with Crippen molar-refractivity contribution in [1.29, 1.82) is 0 Å². The Labute approximate surface area is 135 Å². The highest BCUT2D eigenvalue weighted by atomic mass is 32.2. The van der Waals surface area contributed by atoms with E-state index in [9.17, 15) is 18.0 Å². The second-order valence-electron chi connectivity index (χ2n) is 4.56. The van der Waals surface area contributed by atoms with Crippen molar-refractivity contribution >= 4 is 38.6 Å². The molecule has 0 aliphatic heterocycles. The number of thioether (sulfide) groups is 1. The molecule has 3 N–H and O–H groups in total. The van der Waals surface area contributed by atoms with Crippen molar-refractivity contribution in [1.82, 2.24) is 15.0 Å². The summed E-state index contributed by atoms with van der Waals surface area (Å²) in [6.45, 7) is 0. The molecule has 0 unspecified atom stereocenters. The van der Waals surface area contributed by atoms with Gasteiger partial charge in [0.1, 0.15) is 4.70 Å². The van der Waals surface area contributed by atoms with Crippen molar-refractivity contribution in [3.8, 4) is 0 Å². The lowest BCUT2D eigenvalue weighted by Crippen LogP contribution is -2.07. The summed E-state index contributed by atoms with van der Waals surface area (Å²) < 4.78 is 37.8. The van der Waals surface area contributed by atoms with E-state index in [0.29, 0.717) is 21.2 Å². The summed E-state index contributed by atoms with van der Waals surface area (Å²) in [6, 6.07) is 4.84. The van der Waals surface area contributed by atoms with Gasteiger partial charge in [0.15, 0.2) is 15.9 Å². The Balaban J connectivity index is 1.77. The Morgan fingerprint density at radius 2 is 1.91 bits per heavy atom. The Bertz CT molecular complexity index is 902.